The van der Waals surface area contributed by atoms with Crippen LogP contribution in [0.15, 0.2) is 54.6 Å². The summed E-state index contributed by atoms with van der Waals surface area (Å²) in [4.78, 5) is 26.3. The van der Waals surface area contributed by atoms with E-state index in [0.717, 1.165) is 16.9 Å². The van der Waals surface area contributed by atoms with Crippen LogP contribution in [0.3, 0.4) is 0 Å². The molecule has 0 radical (unpaired) electrons. The summed E-state index contributed by atoms with van der Waals surface area (Å²) in [7, 11) is 5.68. The number of methoxy groups -OCH3 is 4. The number of rotatable bonds is 6. The van der Waals surface area contributed by atoms with Gasteiger partial charge in [0.05, 0.1) is 21.3 Å². The van der Waals surface area contributed by atoms with E-state index in [2.05, 4.69) is 0 Å². The minimum absolute atomic E-state index is 0.126. The highest BCUT2D eigenvalue weighted by atomic mass is 16.6. The van der Waals surface area contributed by atoms with Crippen LogP contribution in [0.1, 0.15) is 29.9 Å². The van der Waals surface area contributed by atoms with Crippen LogP contribution in [0.4, 0.5) is 0 Å². The van der Waals surface area contributed by atoms with Crippen molar-refractivity contribution in [3.8, 4) is 5.75 Å². The monoisotopic (exact) mass is 398 g/mol. The molecular weight excluding hydrogens is 372 g/mol. The Balaban J connectivity index is 2.20. The van der Waals surface area contributed by atoms with E-state index in [1.807, 2.05) is 54.6 Å². The predicted molar refractivity (Wildman–Crippen MR) is 107 cm³/mol. The Bertz CT molecular complexity index is 845. The maximum atomic E-state index is 13.1. The second-order valence-corrected chi connectivity index (χ2v) is 7.16. The van der Waals surface area contributed by atoms with Gasteiger partial charge in [0.15, 0.2) is 5.41 Å². The standard InChI is InChI=1S/C23H26O6/c1-26-19-12-10-16(11-13-19)17-14-22(20(24)27-2,21(25)28-3)23(15-17,29-4)18-8-6-5-7-9-18/h5-13,17H,14-15H2,1-4H3. The molecule has 2 unspecified atom stereocenters. The van der Waals surface area contributed by atoms with Gasteiger partial charge in [0.2, 0.25) is 0 Å². The minimum Gasteiger partial charge on any atom is -0.497 e. The van der Waals surface area contributed by atoms with Crippen LogP contribution >= 0.6 is 0 Å². The first-order valence-corrected chi connectivity index (χ1v) is 9.40. The summed E-state index contributed by atoms with van der Waals surface area (Å²) >= 11 is 0. The lowest BCUT2D eigenvalue weighted by atomic mass is 9.70. The maximum absolute atomic E-state index is 13.1. The smallest absolute Gasteiger partial charge is 0.326 e. The Hall–Kier alpha value is -2.86. The fourth-order valence-electron chi connectivity index (χ4n) is 4.61. The number of carbonyl (C=O) groups excluding carboxylic acids is 2. The molecular formula is C23H26O6. The zero-order chi connectivity index (χ0) is 21.1. The van der Waals surface area contributed by atoms with Crippen molar-refractivity contribution in [2.24, 2.45) is 5.41 Å². The Morgan fingerprint density at radius 3 is 1.90 bits per heavy atom. The van der Waals surface area contributed by atoms with Gasteiger partial charge >= 0.3 is 11.9 Å². The molecule has 0 aliphatic heterocycles. The van der Waals surface area contributed by atoms with E-state index in [1.54, 1.807) is 7.11 Å². The van der Waals surface area contributed by atoms with Crippen molar-refractivity contribution in [3.05, 3.63) is 65.7 Å². The van der Waals surface area contributed by atoms with Gasteiger partial charge in [-0.25, -0.2) is 0 Å². The highest BCUT2D eigenvalue weighted by Crippen LogP contribution is 2.61. The van der Waals surface area contributed by atoms with Gasteiger partial charge in [0.25, 0.3) is 0 Å². The van der Waals surface area contributed by atoms with Crippen molar-refractivity contribution in [1.82, 2.24) is 0 Å². The molecule has 0 aromatic heterocycles. The molecule has 6 heteroatoms. The quantitative estimate of drug-likeness (QED) is 0.548. The van der Waals surface area contributed by atoms with Crippen LogP contribution in [0.25, 0.3) is 0 Å². The van der Waals surface area contributed by atoms with Gasteiger partial charge in [-0.1, -0.05) is 42.5 Å². The molecule has 3 rings (SSSR count). The molecule has 2 aromatic carbocycles. The van der Waals surface area contributed by atoms with Gasteiger partial charge in [-0.3, -0.25) is 9.59 Å². The molecule has 0 heterocycles. The van der Waals surface area contributed by atoms with Gasteiger partial charge in [0, 0.05) is 7.11 Å². The number of hydrogen-bond acceptors (Lipinski definition) is 6. The normalized spacial score (nSPS) is 22.7. The molecule has 0 N–H and O–H groups in total. The van der Waals surface area contributed by atoms with E-state index in [9.17, 15) is 9.59 Å². The summed E-state index contributed by atoms with van der Waals surface area (Å²) in [5.74, 6) is -0.712. The van der Waals surface area contributed by atoms with Crippen LogP contribution in [0, 0.1) is 5.41 Å². The molecule has 6 nitrogen and oxygen atoms in total. The summed E-state index contributed by atoms with van der Waals surface area (Å²) in [6, 6.07) is 16.9. The van der Waals surface area contributed by atoms with Gasteiger partial charge < -0.3 is 18.9 Å². The first-order chi connectivity index (χ1) is 14.0. The average Bonchev–Trinajstić information content (AvgIpc) is 3.16. The second-order valence-electron chi connectivity index (χ2n) is 7.16. The highest BCUT2D eigenvalue weighted by Gasteiger charge is 2.70. The van der Waals surface area contributed by atoms with Crippen LogP contribution in [-0.4, -0.2) is 40.4 Å². The Morgan fingerprint density at radius 1 is 0.828 bits per heavy atom. The molecule has 0 saturated heterocycles. The topological polar surface area (TPSA) is 71.1 Å². The largest absolute Gasteiger partial charge is 0.497 e. The number of benzene rings is 2. The Labute approximate surface area is 170 Å². The fraction of sp³-hybridized carbons (Fsp3) is 0.391. The SMILES string of the molecule is COC(=O)C1(C(=O)OC)CC(c2ccc(OC)cc2)CC1(OC)c1ccccc1. The number of ether oxygens (including phenoxy) is 4. The first-order valence-electron chi connectivity index (χ1n) is 9.40. The second kappa shape index (κ2) is 8.25. The lowest BCUT2D eigenvalue weighted by Gasteiger charge is -2.40. The maximum Gasteiger partial charge on any atom is 0.326 e. The van der Waals surface area contributed by atoms with E-state index >= 15 is 0 Å². The highest BCUT2D eigenvalue weighted by molar-refractivity contribution is 6.02. The van der Waals surface area contributed by atoms with Crippen molar-refractivity contribution in [1.29, 1.82) is 0 Å². The van der Waals surface area contributed by atoms with Crippen molar-refractivity contribution >= 4 is 11.9 Å². The van der Waals surface area contributed by atoms with E-state index in [4.69, 9.17) is 18.9 Å². The number of hydrogen-bond donors (Lipinski definition) is 0. The Kier molecular flexibility index (Phi) is 5.94. The van der Waals surface area contributed by atoms with Gasteiger partial charge in [-0.05, 0) is 42.0 Å². The molecule has 1 aliphatic carbocycles. The molecule has 154 valence electrons. The zero-order valence-corrected chi connectivity index (χ0v) is 17.1. The molecule has 0 amide bonds. The molecule has 2 atom stereocenters. The molecule has 0 bridgehead atoms. The molecule has 1 aliphatic rings. The van der Waals surface area contributed by atoms with Crippen molar-refractivity contribution in [3.63, 3.8) is 0 Å². The summed E-state index contributed by atoms with van der Waals surface area (Å²) < 4.78 is 21.5. The third-order valence-electron chi connectivity index (χ3n) is 6.02. The van der Waals surface area contributed by atoms with Crippen molar-refractivity contribution in [2.75, 3.05) is 28.4 Å². The number of carbonyl (C=O) groups is 2. The van der Waals surface area contributed by atoms with Crippen molar-refractivity contribution in [2.45, 2.75) is 24.4 Å². The summed E-state index contributed by atoms with van der Waals surface area (Å²) in [6.45, 7) is 0. The lowest BCUT2D eigenvalue weighted by molar-refractivity contribution is -0.192. The van der Waals surface area contributed by atoms with Crippen LogP contribution in [-0.2, 0) is 29.4 Å². The number of esters is 2. The minimum atomic E-state index is -1.63. The van der Waals surface area contributed by atoms with E-state index in [1.165, 1.54) is 21.3 Å². The van der Waals surface area contributed by atoms with Gasteiger partial charge in [-0.2, -0.15) is 0 Å². The van der Waals surface area contributed by atoms with Crippen LogP contribution in [0.2, 0.25) is 0 Å². The third-order valence-corrected chi connectivity index (χ3v) is 6.02. The third kappa shape index (κ3) is 3.17. The Morgan fingerprint density at radius 2 is 1.41 bits per heavy atom. The first kappa shape index (κ1) is 20.9. The molecule has 1 saturated carbocycles. The zero-order valence-electron chi connectivity index (χ0n) is 17.1. The van der Waals surface area contributed by atoms with E-state index in [-0.39, 0.29) is 12.3 Å². The van der Waals surface area contributed by atoms with Crippen LogP contribution in [0.5, 0.6) is 5.75 Å². The van der Waals surface area contributed by atoms with Gasteiger partial charge in [-0.15, -0.1) is 0 Å². The summed E-state index contributed by atoms with van der Waals surface area (Å²) in [5, 5.41) is 0. The predicted octanol–water partition coefficient (Wildman–Crippen LogP) is 3.45. The van der Waals surface area contributed by atoms with Gasteiger partial charge in [0.1, 0.15) is 11.4 Å². The van der Waals surface area contributed by atoms with E-state index < -0.39 is 23.0 Å². The molecule has 2 aromatic rings. The average molecular weight is 398 g/mol. The lowest BCUT2D eigenvalue weighted by Crippen LogP contribution is -2.54. The molecule has 0 spiro atoms. The summed E-state index contributed by atoms with van der Waals surface area (Å²) in [5.41, 5.74) is -1.14. The molecule has 1 fully saturated rings. The fourth-order valence-corrected chi connectivity index (χ4v) is 4.61. The van der Waals surface area contributed by atoms with Crippen molar-refractivity contribution < 1.29 is 28.5 Å². The molecule has 29 heavy (non-hydrogen) atoms. The van der Waals surface area contributed by atoms with E-state index in [0.29, 0.717) is 6.42 Å². The van der Waals surface area contributed by atoms with Crippen LogP contribution < -0.4 is 4.74 Å². The summed E-state index contributed by atoms with van der Waals surface area (Å²) in [6.07, 6.45) is 0.630.